The zero-order valence-electron chi connectivity index (χ0n) is 18.0. The summed E-state index contributed by atoms with van der Waals surface area (Å²) in [5, 5.41) is 2.25. The molecule has 1 N–H and O–H groups in total. The van der Waals surface area contributed by atoms with Crippen molar-refractivity contribution in [1.82, 2.24) is 19.8 Å². The Hall–Kier alpha value is -3.38. The summed E-state index contributed by atoms with van der Waals surface area (Å²) in [5.41, 5.74) is 5.11. The van der Waals surface area contributed by atoms with Crippen molar-refractivity contribution in [2.45, 2.75) is 13.5 Å². The first-order valence-electron chi connectivity index (χ1n) is 10.8. The van der Waals surface area contributed by atoms with Gasteiger partial charge in [-0.2, -0.15) is 0 Å². The van der Waals surface area contributed by atoms with Gasteiger partial charge in [0.25, 0.3) is 0 Å². The van der Waals surface area contributed by atoms with E-state index in [1.54, 1.807) is 0 Å². The van der Waals surface area contributed by atoms with E-state index < -0.39 is 0 Å². The van der Waals surface area contributed by atoms with Crippen molar-refractivity contribution >= 4 is 33.5 Å². The topological polar surface area (TPSA) is 55.5 Å². The Morgan fingerprint density at radius 1 is 1.03 bits per heavy atom. The molecular formula is C25H27N5O. The molecule has 0 bridgehead atoms. The number of carbonyl (C=O) groups excluding carboxylic acids is 1. The van der Waals surface area contributed by atoms with Crippen LogP contribution >= 0.6 is 0 Å². The summed E-state index contributed by atoms with van der Waals surface area (Å²) in [5.74, 6) is 0. The number of hydrogen-bond acceptors (Lipinski definition) is 3. The van der Waals surface area contributed by atoms with Crippen LogP contribution in [0.25, 0.3) is 21.8 Å². The molecule has 6 heteroatoms. The van der Waals surface area contributed by atoms with Gasteiger partial charge in [-0.25, -0.2) is 4.79 Å². The molecule has 4 aromatic rings. The maximum atomic E-state index is 13.6. The van der Waals surface area contributed by atoms with Crippen molar-refractivity contribution in [2.24, 2.45) is 0 Å². The number of piperazine rings is 1. The average molecular weight is 414 g/mol. The zero-order valence-corrected chi connectivity index (χ0v) is 18.0. The van der Waals surface area contributed by atoms with Gasteiger partial charge in [0.05, 0.1) is 17.8 Å². The van der Waals surface area contributed by atoms with Crippen LogP contribution in [0, 0.1) is 6.92 Å². The monoisotopic (exact) mass is 413 g/mol. The van der Waals surface area contributed by atoms with Gasteiger partial charge in [-0.3, -0.25) is 9.88 Å². The molecule has 0 spiro atoms. The number of rotatable bonds is 3. The highest BCUT2D eigenvalue weighted by Gasteiger charge is 2.26. The van der Waals surface area contributed by atoms with E-state index in [0.29, 0.717) is 6.54 Å². The average Bonchev–Trinajstić information content (AvgIpc) is 3.18. The third kappa shape index (κ3) is 3.75. The van der Waals surface area contributed by atoms with E-state index in [4.69, 9.17) is 0 Å². The molecule has 2 amide bonds. The fourth-order valence-corrected chi connectivity index (χ4v) is 4.32. The summed E-state index contributed by atoms with van der Waals surface area (Å²) in [7, 11) is 2.10. The number of nitrogens with zero attached hydrogens (tertiary/aromatic N) is 4. The van der Waals surface area contributed by atoms with Crippen molar-refractivity contribution in [3.05, 3.63) is 72.1 Å². The number of pyridine rings is 1. The molecule has 1 aliphatic heterocycles. The number of aromatic amines is 1. The molecule has 2 aromatic heterocycles. The van der Waals surface area contributed by atoms with Gasteiger partial charge < -0.3 is 14.8 Å². The number of amides is 2. The van der Waals surface area contributed by atoms with Gasteiger partial charge in [0.2, 0.25) is 0 Å². The lowest BCUT2D eigenvalue weighted by molar-refractivity contribution is 0.159. The number of H-pyrrole nitrogens is 1. The number of benzene rings is 2. The highest BCUT2D eigenvalue weighted by molar-refractivity contribution is 6.09. The third-order valence-corrected chi connectivity index (χ3v) is 6.19. The number of aromatic nitrogens is 2. The summed E-state index contributed by atoms with van der Waals surface area (Å²) in [6.07, 6.45) is 1.84. The van der Waals surface area contributed by atoms with Crippen LogP contribution in [-0.4, -0.2) is 59.0 Å². The Kier molecular flexibility index (Phi) is 5.08. The Labute approximate surface area is 182 Å². The Balaban J connectivity index is 1.56. The first-order valence-corrected chi connectivity index (χ1v) is 10.8. The molecule has 31 heavy (non-hydrogen) atoms. The van der Waals surface area contributed by atoms with Crippen LogP contribution in [0.15, 0.2) is 60.8 Å². The van der Waals surface area contributed by atoms with Crippen LogP contribution in [0.2, 0.25) is 0 Å². The summed E-state index contributed by atoms with van der Waals surface area (Å²) in [6.45, 7) is 5.86. The minimum Gasteiger partial charge on any atom is -0.353 e. The summed E-state index contributed by atoms with van der Waals surface area (Å²) in [6, 6.07) is 18.5. The van der Waals surface area contributed by atoms with Gasteiger partial charge in [-0.1, -0.05) is 30.3 Å². The molecule has 3 heterocycles. The summed E-state index contributed by atoms with van der Waals surface area (Å²) in [4.78, 5) is 27.6. The van der Waals surface area contributed by atoms with E-state index in [2.05, 4.69) is 46.2 Å². The summed E-state index contributed by atoms with van der Waals surface area (Å²) < 4.78 is 0. The van der Waals surface area contributed by atoms with Gasteiger partial charge in [0, 0.05) is 54.4 Å². The van der Waals surface area contributed by atoms with E-state index >= 15 is 0 Å². The minimum atomic E-state index is 0.0639. The molecule has 0 atom stereocenters. The number of likely N-dealkylation sites (N-methyl/N-ethyl adjacent to an activating group) is 1. The third-order valence-electron chi connectivity index (χ3n) is 6.19. The highest BCUT2D eigenvalue weighted by Crippen LogP contribution is 2.31. The molecule has 0 radical (unpaired) electrons. The Morgan fingerprint density at radius 3 is 2.58 bits per heavy atom. The number of anilines is 1. The van der Waals surface area contributed by atoms with Crippen molar-refractivity contribution in [3.63, 3.8) is 0 Å². The SMILES string of the molecule is Cc1nccc2c1[nH]c1ccc(N(Cc3ccccc3)C(=O)N3CCN(C)CC3)cc12. The Bertz CT molecular complexity index is 1220. The predicted molar refractivity (Wildman–Crippen MR) is 125 cm³/mol. The second-order valence-electron chi connectivity index (χ2n) is 8.32. The number of carbonyl (C=O) groups is 1. The number of nitrogens with one attached hydrogen (secondary N) is 1. The molecule has 5 rings (SSSR count). The molecule has 158 valence electrons. The maximum Gasteiger partial charge on any atom is 0.324 e. The van der Waals surface area contributed by atoms with E-state index in [1.807, 2.05) is 53.3 Å². The fourth-order valence-electron chi connectivity index (χ4n) is 4.32. The van der Waals surface area contributed by atoms with Crippen LogP contribution in [0.5, 0.6) is 0 Å². The van der Waals surface area contributed by atoms with E-state index in [9.17, 15) is 4.79 Å². The molecule has 0 unspecified atom stereocenters. The number of fused-ring (bicyclic) bond motifs is 3. The first kappa shape index (κ1) is 19.6. The van der Waals surface area contributed by atoms with Gasteiger partial charge in [-0.15, -0.1) is 0 Å². The number of hydrogen-bond donors (Lipinski definition) is 1. The lowest BCUT2D eigenvalue weighted by atomic mass is 10.1. The molecule has 0 saturated carbocycles. The molecular weight excluding hydrogens is 386 g/mol. The van der Waals surface area contributed by atoms with Crippen molar-refractivity contribution in [2.75, 3.05) is 38.1 Å². The van der Waals surface area contributed by atoms with Crippen molar-refractivity contribution < 1.29 is 4.79 Å². The van der Waals surface area contributed by atoms with Crippen LogP contribution in [0.4, 0.5) is 10.5 Å². The summed E-state index contributed by atoms with van der Waals surface area (Å²) >= 11 is 0. The van der Waals surface area contributed by atoms with E-state index in [0.717, 1.165) is 64.9 Å². The smallest absolute Gasteiger partial charge is 0.324 e. The Morgan fingerprint density at radius 2 is 1.81 bits per heavy atom. The van der Waals surface area contributed by atoms with Crippen molar-refractivity contribution in [1.29, 1.82) is 0 Å². The van der Waals surface area contributed by atoms with Crippen LogP contribution < -0.4 is 4.90 Å². The zero-order chi connectivity index (χ0) is 21.4. The lowest BCUT2D eigenvalue weighted by Crippen LogP contribution is -2.51. The highest BCUT2D eigenvalue weighted by atomic mass is 16.2. The molecule has 1 fully saturated rings. The molecule has 1 saturated heterocycles. The number of urea groups is 1. The first-order chi connectivity index (χ1) is 15.1. The van der Waals surface area contributed by atoms with Crippen LogP contribution in [0.1, 0.15) is 11.3 Å². The van der Waals surface area contributed by atoms with Crippen LogP contribution in [0.3, 0.4) is 0 Å². The van der Waals surface area contributed by atoms with Crippen LogP contribution in [-0.2, 0) is 6.54 Å². The van der Waals surface area contributed by atoms with E-state index in [1.165, 1.54) is 0 Å². The van der Waals surface area contributed by atoms with Gasteiger partial charge >= 0.3 is 6.03 Å². The normalized spacial score (nSPS) is 15.0. The molecule has 6 nitrogen and oxygen atoms in total. The second-order valence-corrected chi connectivity index (χ2v) is 8.32. The molecule has 0 aliphatic carbocycles. The molecule has 1 aliphatic rings. The lowest BCUT2D eigenvalue weighted by Gasteiger charge is -2.36. The second kappa shape index (κ2) is 8.04. The van der Waals surface area contributed by atoms with Gasteiger partial charge in [-0.05, 0) is 43.8 Å². The van der Waals surface area contributed by atoms with Gasteiger partial charge in [0.15, 0.2) is 0 Å². The van der Waals surface area contributed by atoms with Crippen molar-refractivity contribution in [3.8, 4) is 0 Å². The number of aryl methyl sites for hydroxylation is 1. The molecule has 2 aromatic carbocycles. The quantitative estimate of drug-likeness (QED) is 0.542. The van der Waals surface area contributed by atoms with Gasteiger partial charge in [0.1, 0.15) is 0 Å². The standard InChI is InChI=1S/C25H27N5O/c1-18-24-21(10-11-26-18)22-16-20(8-9-23(22)27-24)30(17-19-6-4-3-5-7-19)25(31)29-14-12-28(2)13-15-29/h3-11,16,27H,12-15,17H2,1-2H3. The maximum absolute atomic E-state index is 13.6. The predicted octanol–water partition coefficient (Wildman–Crippen LogP) is 4.40. The fraction of sp³-hybridized carbons (Fsp3) is 0.280. The van der Waals surface area contributed by atoms with E-state index in [-0.39, 0.29) is 6.03 Å². The minimum absolute atomic E-state index is 0.0639. The largest absolute Gasteiger partial charge is 0.353 e.